The van der Waals surface area contributed by atoms with Gasteiger partial charge < -0.3 is 5.32 Å². The number of nitrogens with zero attached hydrogens (tertiary/aromatic N) is 5. The van der Waals surface area contributed by atoms with Gasteiger partial charge >= 0.3 is 0 Å². The summed E-state index contributed by atoms with van der Waals surface area (Å²) in [6, 6.07) is 5.89. The second-order valence-corrected chi connectivity index (χ2v) is 7.02. The molecule has 0 fully saturated rings. The molecule has 1 N–H and O–H groups in total. The number of carbonyl (C=O) groups is 1. The molecule has 0 aliphatic rings. The van der Waals surface area contributed by atoms with Gasteiger partial charge in [0.1, 0.15) is 5.56 Å². The second-order valence-electron chi connectivity index (χ2n) is 5.63. The molecule has 0 aliphatic carbocycles. The summed E-state index contributed by atoms with van der Waals surface area (Å²) in [7, 11) is 0. The molecule has 1 amide bonds. The molecular weight excluding hydrogens is 372 g/mol. The van der Waals surface area contributed by atoms with Crippen molar-refractivity contribution < 1.29 is 4.79 Å². The summed E-state index contributed by atoms with van der Waals surface area (Å²) in [5, 5.41) is 14.0. The Morgan fingerprint density at radius 2 is 2.19 bits per heavy atom. The maximum Gasteiger partial charge on any atom is 0.256 e. The number of aromatic nitrogens is 5. The molecule has 9 heteroatoms. The van der Waals surface area contributed by atoms with Gasteiger partial charge in [0.25, 0.3) is 5.91 Å². The minimum Gasteiger partial charge on any atom is -0.352 e. The molecule has 0 saturated heterocycles. The average Bonchev–Trinajstić information content (AvgIpc) is 3.38. The van der Waals surface area contributed by atoms with E-state index in [2.05, 4.69) is 20.5 Å². The predicted molar refractivity (Wildman–Crippen MR) is 100 cm³/mol. The molecule has 0 atom stereocenters. The largest absolute Gasteiger partial charge is 0.352 e. The zero-order valence-corrected chi connectivity index (χ0v) is 15.2. The van der Waals surface area contributed by atoms with Gasteiger partial charge in [0.15, 0.2) is 5.65 Å². The molecule has 7 nitrogen and oxygen atoms in total. The van der Waals surface area contributed by atoms with Crippen LogP contribution in [0.2, 0.25) is 5.02 Å². The summed E-state index contributed by atoms with van der Waals surface area (Å²) in [6.45, 7) is 1.21. The molecule has 0 unspecified atom stereocenters. The number of rotatable bonds is 6. The van der Waals surface area contributed by atoms with Crippen molar-refractivity contribution in [2.75, 3.05) is 6.54 Å². The molecule has 4 aromatic heterocycles. The first-order valence-corrected chi connectivity index (χ1v) is 9.31. The molecular formula is C17H15ClN6OS. The minimum absolute atomic E-state index is 0.186. The molecule has 4 rings (SSSR count). The fourth-order valence-electron chi connectivity index (χ4n) is 2.66. The molecule has 0 spiro atoms. The normalized spacial score (nSPS) is 11.1. The first-order valence-electron chi connectivity index (χ1n) is 8.05. The van der Waals surface area contributed by atoms with Gasteiger partial charge in [-0.2, -0.15) is 10.2 Å². The lowest BCUT2D eigenvalue weighted by atomic mass is 10.3. The van der Waals surface area contributed by atoms with Crippen LogP contribution in [0.1, 0.15) is 16.8 Å². The van der Waals surface area contributed by atoms with Crippen molar-refractivity contribution in [3.05, 3.63) is 59.0 Å². The average molecular weight is 387 g/mol. The number of fused-ring (bicyclic) bond motifs is 1. The van der Waals surface area contributed by atoms with Crippen molar-refractivity contribution in [3.63, 3.8) is 0 Å². The van der Waals surface area contributed by atoms with Crippen molar-refractivity contribution in [2.24, 2.45) is 0 Å². The third kappa shape index (κ3) is 3.33. The van der Waals surface area contributed by atoms with E-state index in [1.165, 1.54) is 0 Å². The zero-order chi connectivity index (χ0) is 17.9. The minimum atomic E-state index is -0.186. The van der Waals surface area contributed by atoms with Crippen LogP contribution < -0.4 is 5.32 Å². The fourth-order valence-corrected chi connectivity index (χ4v) is 3.55. The van der Waals surface area contributed by atoms with E-state index in [1.54, 1.807) is 45.3 Å². The number of amides is 1. The Kier molecular flexibility index (Phi) is 4.68. The lowest BCUT2D eigenvalue weighted by Crippen LogP contribution is -2.25. The standard InChI is InChI=1S/C17H15ClN6OS/c18-12-9-21-23(11-12)7-2-5-20-17(25)13-10-22-24-14(4-6-19-16(13)24)15-3-1-8-26-15/h1,3-4,6,8-11H,2,5,7H2,(H,20,25). The van der Waals surface area contributed by atoms with Crippen molar-refractivity contribution >= 4 is 34.5 Å². The summed E-state index contributed by atoms with van der Waals surface area (Å²) in [6.07, 6.45) is 7.35. The molecule has 0 aliphatic heterocycles. The van der Waals surface area contributed by atoms with Crippen LogP contribution in [0.25, 0.3) is 16.2 Å². The van der Waals surface area contributed by atoms with Crippen LogP contribution in [-0.4, -0.2) is 36.8 Å². The van der Waals surface area contributed by atoms with Crippen molar-refractivity contribution in [1.82, 2.24) is 29.7 Å². The number of thiophene rings is 1. The Labute approximate surface area is 158 Å². The zero-order valence-electron chi connectivity index (χ0n) is 13.7. The van der Waals surface area contributed by atoms with Gasteiger partial charge in [-0.15, -0.1) is 11.3 Å². The maximum atomic E-state index is 12.5. The third-order valence-corrected chi connectivity index (χ3v) is 4.96. The SMILES string of the molecule is O=C(NCCCn1cc(Cl)cn1)c1cnn2c(-c3cccs3)ccnc12. The number of hydrogen-bond acceptors (Lipinski definition) is 5. The van der Waals surface area contributed by atoms with Crippen LogP contribution in [-0.2, 0) is 6.54 Å². The molecule has 4 heterocycles. The van der Waals surface area contributed by atoms with Crippen molar-refractivity contribution in [1.29, 1.82) is 0 Å². The Hall–Kier alpha value is -2.71. The van der Waals surface area contributed by atoms with Crippen LogP contribution in [0, 0.1) is 0 Å². The first-order chi connectivity index (χ1) is 12.7. The van der Waals surface area contributed by atoms with E-state index in [9.17, 15) is 4.79 Å². The number of nitrogens with one attached hydrogen (secondary N) is 1. The number of carbonyl (C=O) groups excluding carboxylic acids is 1. The summed E-state index contributed by atoms with van der Waals surface area (Å²) in [5.74, 6) is -0.186. The Bertz CT molecular complexity index is 1040. The van der Waals surface area contributed by atoms with Crippen LogP contribution in [0.3, 0.4) is 0 Å². The molecule has 4 aromatic rings. The van der Waals surface area contributed by atoms with E-state index in [-0.39, 0.29) is 5.91 Å². The molecule has 0 radical (unpaired) electrons. The van der Waals surface area contributed by atoms with E-state index in [0.29, 0.717) is 29.3 Å². The van der Waals surface area contributed by atoms with Gasteiger partial charge in [-0.25, -0.2) is 9.50 Å². The van der Waals surface area contributed by atoms with Gasteiger partial charge in [-0.05, 0) is 23.9 Å². The van der Waals surface area contributed by atoms with E-state index in [1.807, 2.05) is 23.6 Å². The Morgan fingerprint density at radius 1 is 1.27 bits per heavy atom. The third-order valence-electron chi connectivity index (χ3n) is 3.87. The highest BCUT2D eigenvalue weighted by atomic mass is 35.5. The first kappa shape index (κ1) is 16.7. The van der Waals surface area contributed by atoms with Crippen molar-refractivity contribution in [3.8, 4) is 10.6 Å². The van der Waals surface area contributed by atoms with Crippen LogP contribution in [0.15, 0.2) is 48.4 Å². The lowest BCUT2D eigenvalue weighted by Gasteiger charge is -2.05. The van der Waals surface area contributed by atoms with E-state index < -0.39 is 0 Å². The Morgan fingerprint density at radius 3 is 2.96 bits per heavy atom. The highest BCUT2D eigenvalue weighted by Crippen LogP contribution is 2.25. The Balaban J connectivity index is 1.45. The van der Waals surface area contributed by atoms with Crippen LogP contribution in [0.5, 0.6) is 0 Å². The lowest BCUT2D eigenvalue weighted by molar-refractivity contribution is 0.0954. The summed E-state index contributed by atoms with van der Waals surface area (Å²) < 4.78 is 3.45. The number of aryl methyl sites for hydroxylation is 1. The van der Waals surface area contributed by atoms with Gasteiger partial charge in [0.05, 0.1) is 28.0 Å². The predicted octanol–water partition coefficient (Wildman–Crippen LogP) is 3.13. The van der Waals surface area contributed by atoms with Gasteiger partial charge in [-0.1, -0.05) is 17.7 Å². The van der Waals surface area contributed by atoms with E-state index >= 15 is 0 Å². The quantitative estimate of drug-likeness (QED) is 0.516. The molecule has 0 saturated carbocycles. The van der Waals surface area contributed by atoms with Gasteiger partial charge in [0, 0.05) is 25.5 Å². The smallest absolute Gasteiger partial charge is 0.256 e. The number of halogens is 1. The summed E-state index contributed by atoms with van der Waals surface area (Å²) in [5.41, 5.74) is 1.93. The fraction of sp³-hybridized carbons (Fsp3) is 0.176. The van der Waals surface area contributed by atoms with Crippen LogP contribution >= 0.6 is 22.9 Å². The number of hydrogen-bond donors (Lipinski definition) is 1. The van der Waals surface area contributed by atoms with E-state index in [0.717, 1.165) is 17.0 Å². The molecule has 26 heavy (non-hydrogen) atoms. The molecule has 132 valence electrons. The van der Waals surface area contributed by atoms with Gasteiger partial charge in [0.2, 0.25) is 0 Å². The van der Waals surface area contributed by atoms with Gasteiger partial charge in [-0.3, -0.25) is 9.48 Å². The highest BCUT2D eigenvalue weighted by Gasteiger charge is 2.16. The van der Waals surface area contributed by atoms with Crippen LogP contribution in [0.4, 0.5) is 0 Å². The van der Waals surface area contributed by atoms with Crippen molar-refractivity contribution in [2.45, 2.75) is 13.0 Å². The molecule has 0 aromatic carbocycles. The topological polar surface area (TPSA) is 77.1 Å². The summed E-state index contributed by atoms with van der Waals surface area (Å²) >= 11 is 7.45. The van der Waals surface area contributed by atoms with E-state index in [4.69, 9.17) is 11.6 Å². The second kappa shape index (κ2) is 7.27. The maximum absolute atomic E-state index is 12.5. The highest BCUT2D eigenvalue weighted by molar-refractivity contribution is 7.13. The molecule has 0 bridgehead atoms. The summed E-state index contributed by atoms with van der Waals surface area (Å²) in [4.78, 5) is 17.9. The monoisotopic (exact) mass is 386 g/mol.